The number of ether oxygens (including phenoxy) is 1. The number of hydrogen-bond acceptors (Lipinski definition) is 2. The first-order valence-electron chi connectivity index (χ1n) is 7.30. The van der Waals surface area contributed by atoms with Gasteiger partial charge in [-0.15, -0.1) is 0 Å². The third-order valence-corrected chi connectivity index (χ3v) is 3.16. The summed E-state index contributed by atoms with van der Waals surface area (Å²) in [5, 5.41) is 2.89. The van der Waals surface area contributed by atoms with Gasteiger partial charge in [0.05, 0.1) is 6.61 Å². The first-order valence-corrected chi connectivity index (χ1v) is 7.30. The molecule has 0 radical (unpaired) electrons. The fourth-order valence-corrected chi connectivity index (χ4v) is 1.96. The Morgan fingerprint density at radius 3 is 2.57 bits per heavy atom. The van der Waals surface area contributed by atoms with Gasteiger partial charge in [0.15, 0.2) is 0 Å². The molecule has 0 saturated carbocycles. The molecule has 0 fully saturated rings. The molecule has 0 aliphatic rings. The van der Waals surface area contributed by atoms with E-state index in [0.717, 1.165) is 29.8 Å². The van der Waals surface area contributed by atoms with Crippen LogP contribution >= 0.6 is 0 Å². The summed E-state index contributed by atoms with van der Waals surface area (Å²) < 4.78 is 5.58. The Hall–Kier alpha value is -2.29. The molecule has 0 aliphatic heterocycles. The van der Waals surface area contributed by atoms with Crippen molar-refractivity contribution in [1.82, 2.24) is 0 Å². The van der Waals surface area contributed by atoms with Crippen molar-refractivity contribution in [3.63, 3.8) is 0 Å². The molecule has 0 aromatic heterocycles. The quantitative estimate of drug-likeness (QED) is 0.797. The smallest absolute Gasteiger partial charge is 0.255 e. The van der Waals surface area contributed by atoms with Crippen molar-refractivity contribution in [3.8, 4) is 5.75 Å². The second-order valence-electron chi connectivity index (χ2n) is 5.05. The molecule has 21 heavy (non-hydrogen) atoms. The Bertz CT molecular complexity index is 590. The van der Waals surface area contributed by atoms with Crippen molar-refractivity contribution in [2.75, 3.05) is 11.9 Å². The molecule has 110 valence electrons. The summed E-state index contributed by atoms with van der Waals surface area (Å²) in [5.74, 6) is 0.691. The molecule has 0 spiro atoms. The molecule has 0 heterocycles. The average Bonchev–Trinajstić information content (AvgIpc) is 2.48. The second-order valence-corrected chi connectivity index (χ2v) is 5.05. The zero-order chi connectivity index (χ0) is 15.1. The van der Waals surface area contributed by atoms with Gasteiger partial charge < -0.3 is 10.1 Å². The van der Waals surface area contributed by atoms with Crippen LogP contribution in [-0.4, -0.2) is 12.5 Å². The maximum absolute atomic E-state index is 12.1. The number of aryl methyl sites for hydroxylation is 1. The predicted molar refractivity (Wildman–Crippen MR) is 86.0 cm³/mol. The van der Waals surface area contributed by atoms with Crippen LogP contribution in [-0.2, 0) is 0 Å². The fourth-order valence-electron chi connectivity index (χ4n) is 1.96. The van der Waals surface area contributed by atoms with E-state index in [1.165, 1.54) is 0 Å². The fraction of sp³-hybridized carbons (Fsp3) is 0.278. The highest BCUT2D eigenvalue weighted by molar-refractivity contribution is 6.04. The largest absolute Gasteiger partial charge is 0.494 e. The number of hydrogen-bond donors (Lipinski definition) is 1. The monoisotopic (exact) mass is 283 g/mol. The van der Waals surface area contributed by atoms with E-state index >= 15 is 0 Å². The van der Waals surface area contributed by atoms with E-state index < -0.39 is 0 Å². The third-order valence-electron chi connectivity index (χ3n) is 3.16. The Morgan fingerprint density at radius 2 is 1.90 bits per heavy atom. The molecule has 0 bridgehead atoms. The highest BCUT2D eigenvalue weighted by Gasteiger charge is 2.06. The summed E-state index contributed by atoms with van der Waals surface area (Å²) in [4.78, 5) is 12.1. The van der Waals surface area contributed by atoms with Crippen LogP contribution in [0.2, 0.25) is 0 Å². The average molecular weight is 283 g/mol. The normalized spacial score (nSPS) is 10.2. The van der Waals surface area contributed by atoms with Gasteiger partial charge in [-0.3, -0.25) is 4.79 Å². The van der Waals surface area contributed by atoms with E-state index in [0.29, 0.717) is 12.2 Å². The van der Waals surface area contributed by atoms with Gasteiger partial charge in [0.25, 0.3) is 5.91 Å². The van der Waals surface area contributed by atoms with Gasteiger partial charge in [-0.2, -0.15) is 0 Å². The molecule has 2 aromatic rings. The number of benzene rings is 2. The maximum atomic E-state index is 12.1. The van der Waals surface area contributed by atoms with E-state index in [2.05, 4.69) is 12.2 Å². The number of rotatable bonds is 6. The molecular formula is C18H21NO2. The zero-order valence-electron chi connectivity index (χ0n) is 12.6. The predicted octanol–water partition coefficient (Wildman–Crippen LogP) is 4.43. The van der Waals surface area contributed by atoms with Gasteiger partial charge in [0.2, 0.25) is 0 Å². The summed E-state index contributed by atoms with van der Waals surface area (Å²) in [6.07, 6.45) is 2.15. The first kappa shape index (κ1) is 15.1. The highest BCUT2D eigenvalue weighted by atomic mass is 16.5. The van der Waals surface area contributed by atoms with Gasteiger partial charge in [-0.1, -0.05) is 25.5 Å². The summed E-state index contributed by atoms with van der Waals surface area (Å²) >= 11 is 0. The van der Waals surface area contributed by atoms with Gasteiger partial charge in [-0.25, -0.2) is 0 Å². The number of carbonyl (C=O) groups excluding carboxylic acids is 1. The van der Waals surface area contributed by atoms with Crippen LogP contribution in [0.1, 0.15) is 35.7 Å². The van der Waals surface area contributed by atoms with E-state index in [1.54, 1.807) is 12.1 Å². The summed E-state index contributed by atoms with van der Waals surface area (Å²) in [5.41, 5.74) is 2.55. The summed E-state index contributed by atoms with van der Waals surface area (Å²) in [7, 11) is 0. The van der Waals surface area contributed by atoms with Crippen molar-refractivity contribution in [2.45, 2.75) is 26.7 Å². The molecule has 0 atom stereocenters. The van der Waals surface area contributed by atoms with Crippen molar-refractivity contribution < 1.29 is 9.53 Å². The molecule has 0 saturated heterocycles. The van der Waals surface area contributed by atoms with Crippen LogP contribution in [0.3, 0.4) is 0 Å². The van der Waals surface area contributed by atoms with Crippen molar-refractivity contribution >= 4 is 11.6 Å². The zero-order valence-corrected chi connectivity index (χ0v) is 12.6. The van der Waals surface area contributed by atoms with E-state index in [4.69, 9.17) is 4.74 Å². The van der Waals surface area contributed by atoms with Crippen molar-refractivity contribution in [2.24, 2.45) is 0 Å². The minimum absolute atomic E-state index is 0.110. The van der Waals surface area contributed by atoms with Gasteiger partial charge in [0, 0.05) is 11.3 Å². The second kappa shape index (κ2) is 7.48. The van der Waals surface area contributed by atoms with Crippen molar-refractivity contribution in [1.29, 1.82) is 0 Å². The number of unbranched alkanes of at least 4 members (excludes halogenated alkanes) is 1. The molecule has 2 rings (SSSR count). The van der Waals surface area contributed by atoms with E-state index in [-0.39, 0.29) is 5.91 Å². The minimum Gasteiger partial charge on any atom is -0.494 e. The first-order chi connectivity index (χ1) is 10.2. The van der Waals surface area contributed by atoms with Crippen LogP contribution in [0.5, 0.6) is 5.75 Å². The molecule has 3 nitrogen and oxygen atoms in total. The molecular weight excluding hydrogens is 262 g/mol. The number of amides is 1. The Morgan fingerprint density at radius 1 is 1.14 bits per heavy atom. The number of anilines is 1. The number of nitrogens with one attached hydrogen (secondary N) is 1. The highest BCUT2D eigenvalue weighted by Crippen LogP contribution is 2.15. The third kappa shape index (κ3) is 4.63. The SMILES string of the molecule is CCCCOc1ccc(C(=O)Nc2cccc(C)c2)cc1. The molecule has 1 amide bonds. The van der Waals surface area contributed by atoms with E-state index in [9.17, 15) is 4.79 Å². The summed E-state index contributed by atoms with van der Waals surface area (Å²) in [6.45, 7) is 4.84. The topological polar surface area (TPSA) is 38.3 Å². The van der Waals surface area contributed by atoms with Crippen LogP contribution < -0.4 is 10.1 Å². The number of carbonyl (C=O) groups is 1. The van der Waals surface area contributed by atoms with E-state index in [1.807, 2.05) is 43.3 Å². The lowest BCUT2D eigenvalue weighted by molar-refractivity contribution is 0.102. The van der Waals surface area contributed by atoms with Crippen LogP contribution in [0.15, 0.2) is 48.5 Å². The summed E-state index contributed by atoms with van der Waals surface area (Å²) in [6, 6.07) is 15.0. The van der Waals surface area contributed by atoms with Crippen LogP contribution in [0.4, 0.5) is 5.69 Å². The van der Waals surface area contributed by atoms with Crippen LogP contribution in [0.25, 0.3) is 0 Å². The lowest BCUT2D eigenvalue weighted by atomic mass is 10.2. The lowest BCUT2D eigenvalue weighted by Gasteiger charge is -2.08. The molecule has 1 N–H and O–H groups in total. The van der Waals surface area contributed by atoms with Crippen LogP contribution in [0, 0.1) is 6.92 Å². The molecule has 0 aliphatic carbocycles. The molecule has 0 unspecified atom stereocenters. The molecule has 2 aromatic carbocycles. The molecule has 3 heteroatoms. The van der Waals surface area contributed by atoms with Crippen molar-refractivity contribution in [3.05, 3.63) is 59.7 Å². The maximum Gasteiger partial charge on any atom is 0.255 e. The van der Waals surface area contributed by atoms with Gasteiger partial charge >= 0.3 is 0 Å². The van der Waals surface area contributed by atoms with Gasteiger partial charge in [0.1, 0.15) is 5.75 Å². The Kier molecular flexibility index (Phi) is 5.38. The lowest BCUT2D eigenvalue weighted by Crippen LogP contribution is -2.11. The standard InChI is InChI=1S/C18H21NO2/c1-3-4-12-21-17-10-8-15(9-11-17)18(20)19-16-7-5-6-14(2)13-16/h5-11,13H,3-4,12H2,1-2H3,(H,19,20). The Labute approximate surface area is 126 Å². The van der Waals surface area contributed by atoms with Gasteiger partial charge in [-0.05, 0) is 55.3 Å². The minimum atomic E-state index is -0.110. The Balaban J connectivity index is 1.96.